The molecule has 0 aromatic heterocycles. The van der Waals surface area contributed by atoms with Crippen LogP contribution in [0, 0.1) is 0 Å². The Morgan fingerprint density at radius 1 is 1.09 bits per heavy atom. The van der Waals surface area contributed by atoms with Crippen LogP contribution in [0.15, 0.2) is 65.3 Å². The molecule has 4 rings (SSSR count). The van der Waals surface area contributed by atoms with Gasteiger partial charge in [0.25, 0.3) is 5.91 Å². The highest BCUT2D eigenvalue weighted by molar-refractivity contribution is 6.30. The van der Waals surface area contributed by atoms with Crippen LogP contribution in [0.3, 0.4) is 0 Å². The molecule has 114 valence electrons. The zero-order chi connectivity index (χ0) is 15.8. The number of carbonyl (C=O) groups excluding carboxylic acids is 1. The quantitative estimate of drug-likeness (QED) is 0.782. The van der Waals surface area contributed by atoms with Gasteiger partial charge in [-0.1, -0.05) is 54.1 Å². The maximum Gasteiger partial charge on any atom is 0.278 e. The summed E-state index contributed by atoms with van der Waals surface area (Å²) in [4.78, 5) is 19.2. The maximum absolute atomic E-state index is 12.8. The van der Waals surface area contributed by atoms with Gasteiger partial charge in [-0.05, 0) is 36.6 Å². The van der Waals surface area contributed by atoms with Gasteiger partial charge >= 0.3 is 0 Å². The number of aliphatic imine (C=N–C) groups is 1. The highest BCUT2D eigenvalue weighted by Crippen LogP contribution is 2.34. The summed E-state index contributed by atoms with van der Waals surface area (Å²) in [5.41, 5.74) is 2.33. The lowest BCUT2D eigenvalue weighted by Crippen LogP contribution is -2.34. The van der Waals surface area contributed by atoms with Gasteiger partial charge in [-0.2, -0.15) is 0 Å². The Balaban J connectivity index is 1.76. The molecule has 4 heteroatoms. The summed E-state index contributed by atoms with van der Waals surface area (Å²) >= 11 is 6.02. The lowest BCUT2D eigenvalue weighted by atomic mass is 10.2. The molecule has 2 aliphatic rings. The number of benzene rings is 2. The second kappa shape index (κ2) is 5.67. The van der Waals surface area contributed by atoms with Crippen molar-refractivity contribution in [2.75, 3.05) is 0 Å². The van der Waals surface area contributed by atoms with Crippen molar-refractivity contribution in [3.05, 3.63) is 76.4 Å². The molecule has 0 N–H and O–H groups in total. The van der Waals surface area contributed by atoms with Crippen molar-refractivity contribution in [3.63, 3.8) is 0 Å². The van der Waals surface area contributed by atoms with Crippen LogP contribution < -0.4 is 0 Å². The van der Waals surface area contributed by atoms with Crippen molar-refractivity contribution in [2.24, 2.45) is 4.99 Å². The molecule has 1 heterocycles. The van der Waals surface area contributed by atoms with E-state index in [1.54, 1.807) is 6.08 Å². The van der Waals surface area contributed by atoms with Crippen LogP contribution in [0.1, 0.15) is 24.0 Å². The third-order valence-corrected chi connectivity index (χ3v) is 4.22. The number of hydrogen-bond acceptors (Lipinski definition) is 2. The van der Waals surface area contributed by atoms with Crippen LogP contribution in [0.25, 0.3) is 6.08 Å². The van der Waals surface area contributed by atoms with Crippen LogP contribution in [0.2, 0.25) is 5.02 Å². The van der Waals surface area contributed by atoms with Crippen molar-refractivity contribution in [1.29, 1.82) is 0 Å². The molecule has 1 saturated carbocycles. The molecule has 3 nitrogen and oxygen atoms in total. The molecule has 1 aliphatic carbocycles. The zero-order valence-corrected chi connectivity index (χ0v) is 13.2. The average molecular weight is 323 g/mol. The minimum atomic E-state index is -0.0219. The molecule has 23 heavy (non-hydrogen) atoms. The summed E-state index contributed by atoms with van der Waals surface area (Å²) < 4.78 is 0. The first kappa shape index (κ1) is 14.2. The smallest absolute Gasteiger partial charge is 0.278 e. The van der Waals surface area contributed by atoms with Crippen LogP contribution in [0.4, 0.5) is 0 Å². The molecule has 0 saturated heterocycles. The molecule has 0 atom stereocenters. The molecule has 2 aromatic carbocycles. The van der Waals surface area contributed by atoms with E-state index in [4.69, 9.17) is 11.6 Å². The second-order valence-electron chi connectivity index (χ2n) is 5.79. The van der Waals surface area contributed by atoms with E-state index in [9.17, 15) is 4.79 Å². The van der Waals surface area contributed by atoms with Crippen molar-refractivity contribution >= 4 is 29.4 Å². The van der Waals surface area contributed by atoms with E-state index < -0.39 is 0 Å². The van der Waals surface area contributed by atoms with Gasteiger partial charge in [0.15, 0.2) is 0 Å². The zero-order valence-electron chi connectivity index (χ0n) is 12.4. The summed E-state index contributed by atoms with van der Waals surface area (Å²) in [6.45, 7) is 0. The Morgan fingerprint density at radius 3 is 2.57 bits per heavy atom. The van der Waals surface area contributed by atoms with E-state index in [0.717, 1.165) is 29.8 Å². The van der Waals surface area contributed by atoms with Crippen LogP contribution >= 0.6 is 11.6 Å². The molecular weight excluding hydrogens is 308 g/mol. The second-order valence-corrected chi connectivity index (χ2v) is 6.23. The van der Waals surface area contributed by atoms with Gasteiger partial charge in [0.2, 0.25) is 0 Å². The number of nitrogens with zero attached hydrogens (tertiary/aromatic N) is 2. The third kappa shape index (κ3) is 2.80. The first-order chi connectivity index (χ1) is 11.2. The van der Waals surface area contributed by atoms with Crippen LogP contribution in [-0.4, -0.2) is 22.7 Å². The fourth-order valence-corrected chi connectivity index (χ4v) is 2.94. The van der Waals surface area contributed by atoms with E-state index in [1.165, 1.54) is 0 Å². The van der Waals surface area contributed by atoms with Gasteiger partial charge in [-0.25, -0.2) is 4.99 Å². The number of amides is 1. The minimum absolute atomic E-state index is 0.0219. The summed E-state index contributed by atoms with van der Waals surface area (Å²) in [7, 11) is 0. The predicted octanol–water partition coefficient (Wildman–Crippen LogP) is 4.13. The lowest BCUT2D eigenvalue weighted by molar-refractivity contribution is -0.122. The molecule has 0 unspecified atom stereocenters. The number of rotatable bonds is 3. The largest absolute Gasteiger partial charge is 0.288 e. The summed E-state index contributed by atoms with van der Waals surface area (Å²) in [6.07, 6.45) is 3.89. The Kier molecular flexibility index (Phi) is 3.50. The normalized spacial score (nSPS) is 19.3. The molecule has 1 fully saturated rings. The first-order valence-electron chi connectivity index (χ1n) is 7.67. The minimum Gasteiger partial charge on any atom is -0.288 e. The molecule has 0 radical (unpaired) electrons. The Hall–Kier alpha value is -2.39. The van der Waals surface area contributed by atoms with Gasteiger partial charge in [0, 0.05) is 16.6 Å². The highest BCUT2D eigenvalue weighted by atomic mass is 35.5. The van der Waals surface area contributed by atoms with Crippen molar-refractivity contribution in [2.45, 2.75) is 18.9 Å². The summed E-state index contributed by atoms with van der Waals surface area (Å²) in [5.74, 6) is 0.734. The highest BCUT2D eigenvalue weighted by Gasteiger charge is 2.41. The topological polar surface area (TPSA) is 32.7 Å². The summed E-state index contributed by atoms with van der Waals surface area (Å²) in [6, 6.07) is 17.6. The molecule has 0 spiro atoms. The van der Waals surface area contributed by atoms with E-state index in [1.807, 2.05) is 59.5 Å². The monoisotopic (exact) mass is 322 g/mol. The maximum atomic E-state index is 12.8. The average Bonchev–Trinajstić information content (AvgIpc) is 3.34. The molecule has 1 aliphatic heterocycles. The van der Waals surface area contributed by atoms with Gasteiger partial charge < -0.3 is 0 Å². The van der Waals surface area contributed by atoms with Gasteiger partial charge in [-0.3, -0.25) is 9.69 Å². The van der Waals surface area contributed by atoms with E-state index >= 15 is 0 Å². The third-order valence-electron chi connectivity index (χ3n) is 3.99. The van der Waals surface area contributed by atoms with Crippen molar-refractivity contribution < 1.29 is 4.79 Å². The van der Waals surface area contributed by atoms with E-state index in [2.05, 4.69) is 4.99 Å². The Labute approximate surface area is 139 Å². The fraction of sp³-hybridized carbons (Fsp3) is 0.158. The van der Waals surface area contributed by atoms with Crippen LogP contribution in [0.5, 0.6) is 0 Å². The predicted molar refractivity (Wildman–Crippen MR) is 92.3 cm³/mol. The number of hydrogen-bond donors (Lipinski definition) is 0. The van der Waals surface area contributed by atoms with E-state index in [0.29, 0.717) is 10.7 Å². The van der Waals surface area contributed by atoms with Gasteiger partial charge in [0.05, 0.1) is 0 Å². The fourth-order valence-electron chi connectivity index (χ4n) is 2.75. The number of halogens is 1. The Morgan fingerprint density at radius 2 is 1.87 bits per heavy atom. The SMILES string of the molecule is O=C1/C(=C/c2cccc(Cl)c2)N=C(c2ccccc2)N1C1CC1. The van der Waals surface area contributed by atoms with Gasteiger partial charge in [-0.15, -0.1) is 0 Å². The Bertz CT molecular complexity index is 822. The molecule has 1 amide bonds. The number of carbonyl (C=O) groups is 1. The first-order valence-corrected chi connectivity index (χ1v) is 8.05. The molecule has 0 bridgehead atoms. The van der Waals surface area contributed by atoms with Gasteiger partial charge in [0.1, 0.15) is 11.5 Å². The molecule has 2 aromatic rings. The number of amidine groups is 1. The van der Waals surface area contributed by atoms with Crippen LogP contribution in [-0.2, 0) is 4.79 Å². The molecular formula is C19H15ClN2O. The summed E-state index contributed by atoms with van der Waals surface area (Å²) in [5, 5.41) is 0.649. The van der Waals surface area contributed by atoms with Crippen molar-refractivity contribution in [1.82, 2.24) is 4.90 Å². The standard InChI is InChI=1S/C19H15ClN2O/c20-15-8-4-5-13(11-15)12-17-19(23)22(16-9-10-16)18(21-17)14-6-2-1-3-7-14/h1-8,11-12,16H,9-10H2/b17-12-. The van der Waals surface area contributed by atoms with Crippen molar-refractivity contribution in [3.8, 4) is 0 Å². The van der Waals surface area contributed by atoms with E-state index in [-0.39, 0.29) is 11.9 Å². The lowest BCUT2D eigenvalue weighted by Gasteiger charge is -2.17.